The summed E-state index contributed by atoms with van der Waals surface area (Å²) in [6.07, 6.45) is 1.25. The minimum absolute atomic E-state index is 0.551. The van der Waals surface area contributed by atoms with Gasteiger partial charge in [0.15, 0.2) is 11.6 Å². The third-order valence-electron chi connectivity index (χ3n) is 11.1. The van der Waals surface area contributed by atoms with Gasteiger partial charge in [-0.15, -0.1) is 11.3 Å². The fourth-order valence-corrected chi connectivity index (χ4v) is 9.61. The van der Waals surface area contributed by atoms with E-state index >= 15 is 0 Å². The lowest BCUT2D eigenvalue weighted by Crippen LogP contribution is -2.07. The topological polar surface area (TPSA) is 56.7 Å². The predicted molar refractivity (Wildman–Crippen MR) is 252 cm³/mol. The highest BCUT2D eigenvalue weighted by molar-refractivity contribution is 7.25. The van der Waals surface area contributed by atoms with Crippen molar-refractivity contribution in [3.05, 3.63) is 182 Å². The molecular formula is C54H38N4OS. The van der Waals surface area contributed by atoms with E-state index in [4.69, 9.17) is 19.4 Å². The van der Waals surface area contributed by atoms with Crippen molar-refractivity contribution in [2.45, 2.75) is 20.3 Å². The maximum Gasteiger partial charge on any atom is 0.238 e. The highest BCUT2D eigenvalue weighted by Crippen LogP contribution is 2.42. The third kappa shape index (κ3) is 5.95. The summed E-state index contributed by atoms with van der Waals surface area (Å²) in [4.78, 5) is 15.6. The van der Waals surface area contributed by atoms with E-state index in [1.807, 2.05) is 65.9 Å². The number of fused-ring (bicyclic) bond motifs is 9. The van der Waals surface area contributed by atoms with E-state index in [-0.39, 0.29) is 0 Å². The zero-order valence-electron chi connectivity index (χ0n) is 33.1. The van der Waals surface area contributed by atoms with Crippen LogP contribution in [0.4, 0.5) is 0 Å². The van der Waals surface area contributed by atoms with Crippen LogP contribution >= 0.6 is 11.3 Å². The summed E-state index contributed by atoms with van der Waals surface area (Å²) >= 11 is 1.85. The van der Waals surface area contributed by atoms with Crippen LogP contribution in [0.3, 0.4) is 0 Å². The van der Waals surface area contributed by atoms with E-state index in [9.17, 15) is 0 Å². The first-order valence-electron chi connectivity index (χ1n) is 20.4. The minimum Gasteiger partial charge on any atom is -0.456 e. The van der Waals surface area contributed by atoms with E-state index in [1.165, 1.54) is 37.7 Å². The monoisotopic (exact) mass is 790 g/mol. The van der Waals surface area contributed by atoms with Gasteiger partial charge in [0.25, 0.3) is 0 Å². The Bertz CT molecular complexity index is 3540. The molecule has 0 unspecified atom stereocenters. The van der Waals surface area contributed by atoms with Gasteiger partial charge in [-0.25, -0.2) is 4.98 Å². The molecule has 8 aromatic carbocycles. The third-order valence-corrected chi connectivity index (χ3v) is 12.2. The molecular weight excluding hydrogens is 753 g/mol. The van der Waals surface area contributed by atoms with Gasteiger partial charge in [0, 0.05) is 58.4 Å². The van der Waals surface area contributed by atoms with Crippen LogP contribution in [0.1, 0.15) is 20.3 Å². The van der Waals surface area contributed by atoms with Crippen molar-refractivity contribution >= 4 is 75.3 Å². The number of benzene rings is 8. The van der Waals surface area contributed by atoms with Gasteiger partial charge in [0.2, 0.25) is 5.95 Å². The maximum absolute atomic E-state index is 6.31. The maximum atomic E-state index is 6.31. The lowest BCUT2D eigenvalue weighted by Gasteiger charge is -2.13. The summed E-state index contributed by atoms with van der Waals surface area (Å²) in [5, 5.41) is 7.03. The summed E-state index contributed by atoms with van der Waals surface area (Å²) in [7, 11) is 0. The summed E-state index contributed by atoms with van der Waals surface area (Å²) in [6.45, 7) is 4.25. The van der Waals surface area contributed by atoms with Gasteiger partial charge in [0.1, 0.15) is 11.2 Å². The summed E-state index contributed by atoms with van der Waals surface area (Å²) in [6, 6.07) is 63.9. The second kappa shape index (κ2) is 14.8. The standard InChI is InChI=1S/C51H30N4OS.C3H8/c1-2-12-33(13-3-1)49-52-50(34-28-29-39-38-15-5-8-21-43(38)56-44(39)30-34)54-51(53-49)55-42-20-7-4-14-37(42)40-19-10-18-36(48(40)55)32-26-24-31(25-27-32)35-17-11-23-46-47(35)41-16-6-9-22-45(41)57-46;1-3-2/h1-30H;3H2,1-2H3. The van der Waals surface area contributed by atoms with E-state index in [1.54, 1.807) is 0 Å². The van der Waals surface area contributed by atoms with Crippen LogP contribution < -0.4 is 0 Å². The molecule has 0 saturated heterocycles. The Hall–Kier alpha value is -7.41. The van der Waals surface area contributed by atoms with Crippen molar-refractivity contribution in [2.75, 3.05) is 0 Å². The molecule has 12 aromatic rings. The molecule has 60 heavy (non-hydrogen) atoms. The molecule has 0 bridgehead atoms. The molecule has 0 aliphatic rings. The van der Waals surface area contributed by atoms with Crippen LogP contribution in [0.15, 0.2) is 186 Å². The fourth-order valence-electron chi connectivity index (χ4n) is 8.48. The van der Waals surface area contributed by atoms with Crippen molar-refractivity contribution in [2.24, 2.45) is 0 Å². The first-order valence-corrected chi connectivity index (χ1v) is 21.2. The molecule has 0 radical (unpaired) electrons. The number of nitrogens with zero attached hydrogens (tertiary/aromatic N) is 4. The van der Waals surface area contributed by atoms with Crippen LogP contribution in [0.5, 0.6) is 0 Å². The lowest BCUT2D eigenvalue weighted by atomic mass is 9.96. The first kappa shape index (κ1) is 35.7. The average molecular weight is 791 g/mol. The molecule has 4 heterocycles. The van der Waals surface area contributed by atoms with Gasteiger partial charge in [-0.05, 0) is 53.1 Å². The first-order chi connectivity index (χ1) is 29.7. The highest BCUT2D eigenvalue weighted by atomic mass is 32.1. The Kier molecular flexibility index (Phi) is 8.79. The SMILES string of the molecule is CCC.c1ccc(-c2nc(-c3ccc4c(c3)oc3ccccc34)nc(-n3c4ccccc4c4cccc(-c5ccc(-c6cccc7sc8ccccc8c67)cc5)c43)n2)cc1. The van der Waals surface area contributed by atoms with Gasteiger partial charge in [0.05, 0.1) is 11.0 Å². The molecule has 0 spiro atoms. The lowest BCUT2D eigenvalue weighted by molar-refractivity contribution is 0.669. The van der Waals surface area contributed by atoms with E-state index < -0.39 is 0 Å². The zero-order chi connectivity index (χ0) is 40.2. The normalized spacial score (nSPS) is 11.6. The molecule has 12 rings (SSSR count). The molecule has 0 saturated carbocycles. The number of hydrogen-bond acceptors (Lipinski definition) is 5. The van der Waals surface area contributed by atoms with Crippen molar-refractivity contribution < 1.29 is 4.42 Å². The van der Waals surface area contributed by atoms with Gasteiger partial charge in [-0.2, -0.15) is 9.97 Å². The number of furan rings is 1. The Labute approximate surface area is 350 Å². The summed E-state index contributed by atoms with van der Waals surface area (Å²) in [5.41, 5.74) is 10.1. The Morgan fingerprint density at radius 3 is 1.85 bits per heavy atom. The Morgan fingerprint density at radius 1 is 0.450 bits per heavy atom. The molecule has 0 aliphatic heterocycles. The van der Waals surface area contributed by atoms with Gasteiger partial charge in [-0.1, -0.05) is 166 Å². The van der Waals surface area contributed by atoms with E-state index in [0.717, 1.165) is 66.0 Å². The molecule has 0 atom stereocenters. The van der Waals surface area contributed by atoms with Gasteiger partial charge >= 0.3 is 0 Å². The van der Waals surface area contributed by atoms with Crippen LogP contribution in [0.2, 0.25) is 0 Å². The second-order valence-corrected chi connectivity index (χ2v) is 16.2. The number of aromatic nitrogens is 4. The minimum atomic E-state index is 0.551. The molecule has 286 valence electrons. The number of hydrogen-bond donors (Lipinski definition) is 0. The van der Waals surface area contributed by atoms with Crippen LogP contribution in [0, 0.1) is 0 Å². The molecule has 5 nitrogen and oxygen atoms in total. The Balaban J connectivity index is 0.00000132. The van der Waals surface area contributed by atoms with Crippen LogP contribution in [0.25, 0.3) is 115 Å². The number of rotatable bonds is 5. The zero-order valence-corrected chi connectivity index (χ0v) is 33.9. The van der Waals surface area contributed by atoms with Gasteiger partial charge < -0.3 is 4.42 Å². The Morgan fingerprint density at radius 2 is 1.03 bits per heavy atom. The van der Waals surface area contributed by atoms with Crippen molar-refractivity contribution in [3.63, 3.8) is 0 Å². The van der Waals surface area contributed by atoms with Crippen molar-refractivity contribution in [1.82, 2.24) is 19.5 Å². The highest BCUT2D eigenvalue weighted by Gasteiger charge is 2.21. The van der Waals surface area contributed by atoms with E-state index in [2.05, 4.69) is 146 Å². The largest absolute Gasteiger partial charge is 0.456 e. The van der Waals surface area contributed by atoms with Gasteiger partial charge in [-0.3, -0.25) is 4.57 Å². The smallest absolute Gasteiger partial charge is 0.238 e. The van der Waals surface area contributed by atoms with Crippen LogP contribution in [-0.4, -0.2) is 19.5 Å². The second-order valence-electron chi connectivity index (χ2n) is 15.1. The quantitative estimate of drug-likeness (QED) is 0.174. The number of thiophene rings is 1. The number of para-hydroxylation sites is 3. The molecule has 6 heteroatoms. The molecule has 4 aromatic heterocycles. The molecule has 0 N–H and O–H groups in total. The molecule has 0 amide bonds. The van der Waals surface area contributed by atoms with Crippen molar-refractivity contribution in [3.8, 4) is 51.0 Å². The molecule has 0 fully saturated rings. The summed E-state index contributed by atoms with van der Waals surface area (Å²) < 4.78 is 11.1. The van der Waals surface area contributed by atoms with Crippen LogP contribution in [-0.2, 0) is 0 Å². The van der Waals surface area contributed by atoms with Crippen molar-refractivity contribution in [1.29, 1.82) is 0 Å². The predicted octanol–water partition coefficient (Wildman–Crippen LogP) is 15.3. The summed E-state index contributed by atoms with van der Waals surface area (Å²) in [5.74, 6) is 1.72. The fraction of sp³-hybridized carbons (Fsp3) is 0.0556. The van der Waals surface area contributed by atoms with E-state index in [0.29, 0.717) is 17.6 Å². The molecule has 0 aliphatic carbocycles. The average Bonchev–Trinajstić information content (AvgIpc) is 3.99.